The molecule has 100 valence electrons. The molecule has 0 atom stereocenters. The predicted octanol–water partition coefficient (Wildman–Crippen LogP) is 2.79. The molecule has 0 heterocycles. The Bertz CT molecular complexity index is 391. The van der Waals surface area contributed by atoms with Gasteiger partial charge in [-0.1, -0.05) is 31.4 Å². The van der Waals surface area contributed by atoms with Gasteiger partial charge in [0.25, 0.3) is 0 Å². The molecule has 2 rings (SSSR count). The molecule has 0 aromatic heterocycles. The third-order valence-corrected chi connectivity index (χ3v) is 3.07. The Morgan fingerprint density at radius 3 is 2.06 bits per heavy atom. The van der Waals surface area contributed by atoms with Crippen LogP contribution in [0, 0.1) is 0 Å². The van der Waals surface area contributed by atoms with E-state index in [2.05, 4.69) is 0 Å². The van der Waals surface area contributed by atoms with Crippen LogP contribution in [0.2, 0.25) is 0 Å². The van der Waals surface area contributed by atoms with E-state index in [0.29, 0.717) is 0 Å². The molecule has 0 aliphatic heterocycles. The van der Waals surface area contributed by atoms with Crippen LogP contribution in [0.5, 0.6) is 5.75 Å². The fourth-order valence-corrected chi connectivity index (χ4v) is 1.97. The van der Waals surface area contributed by atoms with Gasteiger partial charge in [-0.15, -0.1) is 0 Å². The second kappa shape index (κ2) is 6.40. The van der Waals surface area contributed by atoms with Crippen molar-refractivity contribution >= 4 is 5.97 Å². The van der Waals surface area contributed by atoms with Gasteiger partial charge in [-0.3, -0.25) is 0 Å². The number of aliphatic hydroxyl groups is 1. The number of para-hydroxylation sites is 1. The van der Waals surface area contributed by atoms with E-state index < -0.39 is 5.97 Å². The van der Waals surface area contributed by atoms with Gasteiger partial charge in [0.15, 0.2) is 0 Å². The molecule has 3 N–H and O–H groups in total. The van der Waals surface area contributed by atoms with Gasteiger partial charge in [-0.2, -0.15) is 0 Å². The summed E-state index contributed by atoms with van der Waals surface area (Å²) in [5.74, 6) is -1.31. The summed E-state index contributed by atoms with van der Waals surface area (Å²) in [6, 6.07) is 5.81. The smallest absolute Gasteiger partial charge is 0.339 e. The van der Waals surface area contributed by atoms with E-state index in [1.165, 1.54) is 31.4 Å². The van der Waals surface area contributed by atoms with Crippen LogP contribution in [0.1, 0.15) is 49.4 Å². The number of hydrogen-bond donors (Lipinski definition) is 3. The van der Waals surface area contributed by atoms with Crippen LogP contribution in [0.4, 0.5) is 0 Å². The van der Waals surface area contributed by atoms with Gasteiger partial charge in [0.05, 0.1) is 5.60 Å². The van der Waals surface area contributed by atoms with Crippen molar-refractivity contribution in [2.45, 2.75) is 44.6 Å². The Morgan fingerprint density at radius 1 is 1.17 bits per heavy atom. The van der Waals surface area contributed by atoms with Crippen molar-refractivity contribution in [2.24, 2.45) is 0 Å². The third kappa shape index (κ3) is 4.75. The summed E-state index contributed by atoms with van der Waals surface area (Å²) in [5, 5.41) is 26.7. The number of carboxylic acid groups (broad SMARTS) is 1. The second-order valence-electron chi connectivity index (χ2n) is 4.88. The van der Waals surface area contributed by atoms with Crippen LogP contribution in [0.3, 0.4) is 0 Å². The number of aromatic hydroxyl groups is 1. The van der Waals surface area contributed by atoms with Crippen molar-refractivity contribution in [2.75, 3.05) is 0 Å². The van der Waals surface area contributed by atoms with Gasteiger partial charge in [-0.05, 0) is 31.9 Å². The summed E-state index contributed by atoms with van der Waals surface area (Å²) in [5.41, 5.74) is -0.388. The van der Waals surface area contributed by atoms with E-state index in [1.807, 2.05) is 6.92 Å². The van der Waals surface area contributed by atoms with Crippen molar-refractivity contribution in [1.29, 1.82) is 0 Å². The van der Waals surface area contributed by atoms with Gasteiger partial charge >= 0.3 is 5.97 Å². The van der Waals surface area contributed by atoms with E-state index in [-0.39, 0.29) is 16.9 Å². The highest BCUT2D eigenvalue weighted by atomic mass is 16.4. The minimum absolute atomic E-state index is 0.0671. The molecule has 18 heavy (non-hydrogen) atoms. The second-order valence-corrected chi connectivity index (χ2v) is 4.88. The molecule has 1 aliphatic carbocycles. The maximum absolute atomic E-state index is 10.3. The van der Waals surface area contributed by atoms with Gasteiger partial charge in [-0.25, -0.2) is 4.79 Å². The first-order valence-corrected chi connectivity index (χ1v) is 6.16. The molecule has 1 aliphatic rings. The van der Waals surface area contributed by atoms with Crippen LogP contribution in [0.25, 0.3) is 0 Å². The lowest BCUT2D eigenvalue weighted by molar-refractivity contribution is 0.0225. The number of rotatable bonds is 1. The molecule has 4 nitrogen and oxygen atoms in total. The molecule has 0 amide bonds. The number of hydrogen-bond acceptors (Lipinski definition) is 3. The zero-order valence-corrected chi connectivity index (χ0v) is 10.6. The van der Waals surface area contributed by atoms with E-state index in [4.69, 9.17) is 10.2 Å². The summed E-state index contributed by atoms with van der Waals surface area (Å²) < 4.78 is 0. The number of phenols is 1. The van der Waals surface area contributed by atoms with Crippen LogP contribution < -0.4 is 0 Å². The van der Waals surface area contributed by atoms with Gasteiger partial charge in [0, 0.05) is 0 Å². The van der Waals surface area contributed by atoms with E-state index in [9.17, 15) is 9.90 Å². The molecule has 1 saturated carbocycles. The van der Waals surface area contributed by atoms with Gasteiger partial charge in [0.1, 0.15) is 11.3 Å². The summed E-state index contributed by atoms with van der Waals surface area (Å²) in [6.07, 6.45) is 5.76. The lowest BCUT2D eigenvalue weighted by atomic mass is 9.87. The monoisotopic (exact) mass is 252 g/mol. The third-order valence-electron chi connectivity index (χ3n) is 3.07. The average molecular weight is 252 g/mol. The van der Waals surface area contributed by atoms with E-state index in [0.717, 1.165) is 12.8 Å². The first-order valence-electron chi connectivity index (χ1n) is 6.16. The molecule has 0 unspecified atom stereocenters. The zero-order valence-electron chi connectivity index (χ0n) is 10.6. The van der Waals surface area contributed by atoms with Crippen LogP contribution in [0.15, 0.2) is 24.3 Å². The van der Waals surface area contributed by atoms with Crippen LogP contribution in [-0.4, -0.2) is 26.9 Å². The summed E-state index contributed by atoms with van der Waals surface area (Å²) in [4.78, 5) is 10.3. The van der Waals surface area contributed by atoms with Crippen molar-refractivity contribution < 1.29 is 20.1 Å². The fraction of sp³-hybridized carbons (Fsp3) is 0.500. The number of carbonyl (C=O) groups is 1. The number of aromatic carboxylic acids is 1. The standard InChI is InChI=1S/C7H6O3.C7H14O/c8-6-4-2-1-3-5(6)7(9)10;1-7(8)5-3-2-4-6-7/h1-4,8H,(H,9,10);8H,2-6H2,1H3. The Labute approximate surface area is 107 Å². The molecule has 0 bridgehead atoms. The highest BCUT2D eigenvalue weighted by molar-refractivity contribution is 5.90. The molecule has 0 saturated heterocycles. The topological polar surface area (TPSA) is 77.8 Å². The molecule has 4 heteroatoms. The quantitative estimate of drug-likeness (QED) is 0.718. The van der Waals surface area contributed by atoms with Gasteiger partial charge < -0.3 is 15.3 Å². The maximum atomic E-state index is 10.3. The lowest BCUT2D eigenvalue weighted by Crippen LogP contribution is -2.26. The molecular weight excluding hydrogens is 232 g/mol. The van der Waals surface area contributed by atoms with Crippen molar-refractivity contribution in [3.8, 4) is 5.75 Å². The minimum atomic E-state index is -1.11. The largest absolute Gasteiger partial charge is 0.507 e. The first-order chi connectivity index (χ1) is 8.42. The van der Waals surface area contributed by atoms with Crippen LogP contribution in [-0.2, 0) is 0 Å². The molecular formula is C14H20O4. The normalized spacial score (nSPS) is 17.4. The molecule has 1 aromatic carbocycles. The Hall–Kier alpha value is -1.55. The SMILES string of the molecule is CC1(O)CCCCC1.O=C(O)c1ccccc1O. The molecule has 0 spiro atoms. The van der Waals surface area contributed by atoms with Gasteiger partial charge in [0.2, 0.25) is 0 Å². The maximum Gasteiger partial charge on any atom is 0.339 e. The number of carboxylic acids is 1. The van der Waals surface area contributed by atoms with E-state index >= 15 is 0 Å². The highest BCUT2D eigenvalue weighted by Gasteiger charge is 2.22. The lowest BCUT2D eigenvalue weighted by Gasteiger charge is -2.27. The van der Waals surface area contributed by atoms with Crippen molar-refractivity contribution in [1.82, 2.24) is 0 Å². The van der Waals surface area contributed by atoms with Crippen molar-refractivity contribution in [3.05, 3.63) is 29.8 Å². The van der Waals surface area contributed by atoms with E-state index in [1.54, 1.807) is 12.1 Å². The summed E-state index contributed by atoms with van der Waals surface area (Å²) in [6.45, 7) is 1.94. The molecule has 1 aromatic rings. The number of benzene rings is 1. The minimum Gasteiger partial charge on any atom is -0.507 e. The summed E-state index contributed by atoms with van der Waals surface area (Å²) >= 11 is 0. The van der Waals surface area contributed by atoms with Crippen LogP contribution >= 0.6 is 0 Å². The molecule has 1 fully saturated rings. The molecule has 0 radical (unpaired) electrons. The fourth-order valence-electron chi connectivity index (χ4n) is 1.97. The Morgan fingerprint density at radius 2 is 1.72 bits per heavy atom. The summed E-state index contributed by atoms with van der Waals surface area (Å²) in [7, 11) is 0. The average Bonchev–Trinajstić information content (AvgIpc) is 2.29. The predicted molar refractivity (Wildman–Crippen MR) is 68.8 cm³/mol. The van der Waals surface area contributed by atoms with Crippen molar-refractivity contribution in [3.63, 3.8) is 0 Å². The first kappa shape index (κ1) is 14.5. The zero-order chi connectivity index (χ0) is 13.6. The highest BCUT2D eigenvalue weighted by Crippen LogP contribution is 2.26. The Kier molecular flexibility index (Phi) is 5.16. The Balaban J connectivity index is 0.000000184.